The van der Waals surface area contributed by atoms with Crippen molar-refractivity contribution in [3.63, 3.8) is 0 Å². The lowest BCUT2D eigenvalue weighted by Crippen LogP contribution is -2.37. The molecule has 6 heteroatoms. The van der Waals surface area contributed by atoms with Gasteiger partial charge in [-0.1, -0.05) is 0 Å². The van der Waals surface area contributed by atoms with Gasteiger partial charge in [0.15, 0.2) is 0 Å². The van der Waals surface area contributed by atoms with Crippen molar-refractivity contribution in [3.8, 4) is 0 Å². The minimum atomic E-state index is -1.04. The van der Waals surface area contributed by atoms with Crippen LogP contribution in [-0.4, -0.2) is 35.4 Å². The van der Waals surface area contributed by atoms with E-state index in [4.69, 9.17) is 10.2 Å². The molecule has 3 N–H and O–H groups in total. The second kappa shape index (κ2) is 3.73. The van der Waals surface area contributed by atoms with Crippen molar-refractivity contribution >= 4 is 23.4 Å². The van der Waals surface area contributed by atoms with Crippen LogP contribution in [0.1, 0.15) is 10.4 Å². The normalized spacial score (nSPS) is 13.9. The van der Waals surface area contributed by atoms with Gasteiger partial charge in [0.2, 0.25) is 0 Å². The number of rotatable bonds is 1. The number of carboxylic acid groups (broad SMARTS) is 2. The predicted octanol–water partition coefficient (Wildman–Crippen LogP) is 1.29. The van der Waals surface area contributed by atoms with Crippen molar-refractivity contribution in [2.45, 2.75) is 0 Å². The highest BCUT2D eigenvalue weighted by molar-refractivity contribution is 5.96. The van der Waals surface area contributed by atoms with Crippen LogP contribution in [0.15, 0.2) is 18.2 Å². The lowest BCUT2D eigenvalue weighted by Gasteiger charge is -2.28. The number of nitrogens with zero attached hydrogens (tertiary/aromatic N) is 1. The van der Waals surface area contributed by atoms with Gasteiger partial charge in [-0.25, -0.2) is 9.59 Å². The van der Waals surface area contributed by atoms with E-state index in [1.165, 1.54) is 23.1 Å². The van der Waals surface area contributed by atoms with Gasteiger partial charge in [0.05, 0.1) is 16.9 Å². The number of carbonyl (C=O) groups is 2. The zero-order valence-corrected chi connectivity index (χ0v) is 8.30. The third-order valence-corrected chi connectivity index (χ3v) is 2.42. The van der Waals surface area contributed by atoms with Gasteiger partial charge in [-0.2, -0.15) is 0 Å². The summed E-state index contributed by atoms with van der Waals surface area (Å²) in [6.07, 6.45) is -1.04. The molecule has 0 bridgehead atoms. The first-order valence-corrected chi connectivity index (χ1v) is 4.71. The van der Waals surface area contributed by atoms with Crippen molar-refractivity contribution in [2.24, 2.45) is 0 Å². The van der Waals surface area contributed by atoms with Crippen LogP contribution in [0.2, 0.25) is 0 Å². The van der Waals surface area contributed by atoms with E-state index in [0.29, 0.717) is 24.5 Å². The van der Waals surface area contributed by atoms with E-state index < -0.39 is 12.1 Å². The maximum atomic E-state index is 10.9. The quantitative estimate of drug-likeness (QED) is 0.666. The molecule has 0 aromatic heterocycles. The van der Waals surface area contributed by atoms with Crippen LogP contribution < -0.4 is 10.2 Å². The zero-order chi connectivity index (χ0) is 11.7. The summed E-state index contributed by atoms with van der Waals surface area (Å²) in [6, 6.07) is 4.33. The molecular weight excluding hydrogens is 212 g/mol. The Labute approximate surface area is 91.1 Å². The molecule has 1 aliphatic rings. The van der Waals surface area contributed by atoms with Gasteiger partial charge >= 0.3 is 12.1 Å². The maximum Gasteiger partial charge on any atom is 0.411 e. The fraction of sp³-hybridized carbons (Fsp3) is 0.200. The largest absolute Gasteiger partial charge is 0.478 e. The van der Waals surface area contributed by atoms with E-state index in [1.807, 2.05) is 0 Å². The van der Waals surface area contributed by atoms with Crippen molar-refractivity contribution in [2.75, 3.05) is 23.3 Å². The summed E-state index contributed by atoms with van der Waals surface area (Å²) in [6.45, 7) is 0.830. The first-order valence-electron chi connectivity index (χ1n) is 4.71. The highest BCUT2D eigenvalue weighted by atomic mass is 16.4. The smallest absolute Gasteiger partial charge is 0.411 e. The second-order valence-corrected chi connectivity index (χ2v) is 3.40. The summed E-state index contributed by atoms with van der Waals surface area (Å²) in [5.41, 5.74) is 1.16. The van der Waals surface area contributed by atoms with E-state index in [-0.39, 0.29) is 5.56 Å². The first-order chi connectivity index (χ1) is 7.59. The van der Waals surface area contributed by atoms with Crippen molar-refractivity contribution in [3.05, 3.63) is 23.8 Å². The lowest BCUT2D eigenvalue weighted by molar-refractivity contribution is 0.0697. The summed E-state index contributed by atoms with van der Waals surface area (Å²) in [5, 5.41) is 20.7. The molecule has 1 aromatic rings. The number of fused-ring (bicyclic) bond motifs is 1. The summed E-state index contributed by atoms with van der Waals surface area (Å²) >= 11 is 0. The molecule has 84 valence electrons. The fourth-order valence-electron chi connectivity index (χ4n) is 1.67. The number of amides is 1. The standard InChI is InChI=1S/C10H10N2O4/c13-9(14)6-1-2-8-7(5-6)11-3-4-12(8)10(15)16/h1-2,5,11H,3-4H2,(H,13,14)(H,15,16). The van der Waals surface area contributed by atoms with Gasteiger partial charge in [0.25, 0.3) is 0 Å². The summed E-state index contributed by atoms with van der Waals surface area (Å²) in [7, 11) is 0. The van der Waals surface area contributed by atoms with Gasteiger partial charge in [0.1, 0.15) is 0 Å². The Hall–Kier alpha value is -2.24. The molecule has 0 atom stereocenters. The summed E-state index contributed by atoms with van der Waals surface area (Å²) in [4.78, 5) is 22.9. The molecule has 2 rings (SSSR count). The number of carboxylic acids is 1. The van der Waals surface area contributed by atoms with E-state index in [9.17, 15) is 9.59 Å². The van der Waals surface area contributed by atoms with Crippen LogP contribution in [0.4, 0.5) is 16.2 Å². The lowest BCUT2D eigenvalue weighted by atomic mass is 10.1. The minimum Gasteiger partial charge on any atom is -0.478 e. The van der Waals surface area contributed by atoms with E-state index in [1.54, 1.807) is 0 Å². The summed E-state index contributed by atoms with van der Waals surface area (Å²) < 4.78 is 0. The molecule has 0 aliphatic carbocycles. The molecule has 6 nitrogen and oxygen atoms in total. The second-order valence-electron chi connectivity index (χ2n) is 3.40. The summed E-state index contributed by atoms with van der Waals surface area (Å²) in [5.74, 6) is -1.03. The molecule has 0 unspecified atom stereocenters. The average Bonchev–Trinajstić information content (AvgIpc) is 2.27. The molecule has 1 amide bonds. The van der Waals surface area contributed by atoms with Gasteiger partial charge in [-0.3, -0.25) is 4.90 Å². The molecule has 0 saturated heterocycles. The van der Waals surface area contributed by atoms with Crippen molar-refractivity contribution < 1.29 is 19.8 Å². The van der Waals surface area contributed by atoms with Gasteiger partial charge in [-0.05, 0) is 18.2 Å². The Balaban J connectivity index is 2.44. The fourth-order valence-corrected chi connectivity index (χ4v) is 1.67. The minimum absolute atomic E-state index is 0.137. The highest BCUT2D eigenvalue weighted by Gasteiger charge is 2.22. The van der Waals surface area contributed by atoms with Crippen LogP contribution in [-0.2, 0) is 0 Å². The predicted molar refractivity (Wildman–Crippen MR) is 57.3 cm³/mol. The van der Waals surface area contributed by atoms with Crippen LogP contribution >= 0.6 is 0 Å². The Morgan fingerprint density at radius 2 is 2.06 bits per heavy atom. The zero-order valence-electron chi connectivity index (χ0n) is 8.30. The first kappa shape index (κ1) is 10.3. The number of hydrogen-bond acceptors (Lipinski definition) is 3. The van der Waals surface area contributed by atoms with Crippen LogP contribution in [0.25, 0.3) is 0 Å². The molecule has 1 heterocycles. The SMILES string of the molecule is O=C(O)c1ccc2c(c1)NCCN2C(=O)O. The molecule has 0 fully saturated rings. The van der Waals surface area contributed by atoms with Gasteiger partial charge in [0, 0.05) is 13.1 Å². The number of aromatic carboxylic acids is 1. The molecule has 0 saturated carbocycles. The van der Waals surface area contributed by atoms with Crippen LogP contribution in [0.5, 0.6) is 0 Å². The maximum absolute atomic E-state index is 10.9. The molecule has 0 spiro atoms. The number of anilines is 2. The van der Waals surface area contributed by atoms with Gasteiger partial charge < -0.3 is 15.5 Å². The molecule has 1 aromatic carbocycles. The third-order valence-electron chi connectivity index (χ3n) is 2.42. The third kappa shape index (κ3) is 1.65. The molecule has 0 radical (unpaired) electrons. The number of benzene rings is 1. The van der Waals surface area contributed by atoms with E-state index in [2.05, 4.69) is 5.32 Å². The Kier molecular flexibility index (Phi) is 2.40. The van der Waals surface area contributed by atoms with Crippen molar-refractivity contribution in [1.29, 1.82) is 0 Å². The van der Waals surface area contributed by atoms with Crippen LogP contribution in [0.3, 0.4) is 0 Å². The number of nitrogens with one attached hydrogen (secondary N) is 1. The molecule has 16 heavy (non-hydrogen) atoms. The Morgan fingerprint density at radius 1 is 1.31 bits per heavy atom. The Morgan fingerprint density at radius 3 is 2.69 bits per heavy atom. The van der Waals surface area contributed by atoms with Crippen LogP contribution in [0, 0.1) is 0 Å². The monoisotopic (exact) mass is 222 g/mol. The number of hydrogen-bond donors (Lipinski definition) is 3. The Bertz CT molecular complexity index is 458. The molecule has 1 aliphatic heterocycles. The topological polar surface area (TPSA) is 89.9 Å². The highest BCUT2D eigenvalue weighted by Crippen LogP contribution is 2.29. The van der Waals surface area contributed by atoms with Gasteiger partial charge in [-0.15, -0.1) is 0 Å². The molecular formula is C10H10N2O4. The average molecular weight is 222 g/mol. The van der Waals surface area contributed by atoms with E-state index in [0.717, 1.165) is 0 Å². The van der Waals surface area contributed by atoms with Crippen molar-refractivity contribution in [1.82, 2.24) is 0 Å². The van der Waals surface area contributed by atoms with E-state index >= 15 is 0 Å².